The molecule has 0 spiro atoms. The highest BCUT2D eigenvalue weighted by Crippen LogP contribution is 2.29. The third kappa shape index (κ3) is 4.87. The van der Waals surface area contributed by atoms with E-state index in [1.54, 1.807) is 12.1 Å². The van der Waals surface area contributed by atoms with Crippen molar-refractivity contribution in [2.24, 2.45) is 0 Å². The molecule has 0 atom stereocenters. The third-order valence-corrected chi connectivity index (χ3v) is 3.52. The molecule has 3 N–H and O–H groups in total. The Morgan fingerprint density at radius 1 is 1.47 bits per heavy atom. The molecule has 1 aromatic carbocycles. The molecule has 1 rings (SSSR count). The fraction of sp³-hybridized carbons (Fsp3) is 0.357. The van der Waals surface area contributed by atoms with Gasteiger partial charge in [0.1, 0.15) is 5.75 Å². The summed E-state index contributed by atoms with van der Waals surface area (Å²) >= 11 is 1.50. The molecule has 0 saturated carbocycles. The first-order valence-corrected chi connectivity index (χ1v) is 7.14. The summed E-state index contributed by atoms with van der Waals surface area (Å²) in [5, 5.41) is 8.92. The average Bonchev–Trinajstić information content (AvgIpc) is 2.38. The summed E-state index contributed by atoms with van der Waals surface area (Å²) in [6.45, 7) is 4.36. The van der Waals surface area contributed by atoms with Crippen LogP contribution in [-0.2, 0) is 4.79 Å². The zero-order valence-corrected chi connectivity index (χ0v) is 12.0. The molecular weight excluding hydrogens is 262 g/mol. The average molecular weight is 281 g/mol. The van der Waals surface area contributed by atoms with E-state index < -0.39 is 5.97 Å². The number of nitrogen functional groups attached to an aromatic ring is 1. The van der Waals surface area contributed by atoms with Crippen LogP contribution in [0.1, 0.15) is 20.3 Å². The quantitative estimate of drug-likeness (QED) is 0.456. The van der Waals surface area contributed by atoms with Gasteiger partial charge in [-0.05, 0) is 31.5 Å². The van der Waals surface area contributed by atoms with E-state index in [1.165, 1.54) is 11.8 Å². The van der Waals surface area contributed by atoms with Crippen LogP contribution in [0.3, 0.4) is 0 Å². The van der Waals surface area contributed by atoms with E-state index in [1.807, 2.05) is 26.0 Å². The van der Waals surface area contributed by atoms with Crippen molar-refractivity contribution in [3.63, 3.8) is 0 Å². The second kappa shape index (κ2) is 7.74. The van der Waals surface area contributed by atoms with Crippen molar-refractivity contribution in [2.75, 3.05) is 18.1 Å². The van der Waals surface area contributed by atoms with Crippen LogP contribution < -0.4 is 10.5 Å². The number of rotatable bonds is 7. The van der Waals surface area contributed by atoms with Gasteiger partial charge in [0.15, 0.2) is 0 Å². The maximum atomic E-state index is 10.9. The number of benzene rings is 1. The Morgan fingerprint density at radius 3 is 2.79 bits per heavy atom. The Labute approximate surface area is 117 Å². The van der Waals surface area contributed by atoms with Crippen LogP contribution in [0.15, 0.2) is 34.7 Å². The van der Waals surface area contributed by atoms with Crippen LogP contribution in [0.4, 0.5) is 5.69 Å². The van der Waals surface area contributed by atoms with Crippen LogP contribution in [0, 0.1) is 0 Å². The number of ether oxygens (including phenoxy) is 1. The number of nitrogens with two attached hydrogens (primary N) is 1. The van der Waals surface area contributed by atoms with Crippen molar-refractivity contribution in [3.05, 3.63) is 29.8 Å². The van der Waals surface area contributed by atoms with Crippen molar-refractivity contribution in [1.29, 1.82) is 0 Å². The van der Waals surface area contributed by atoms with Gasteiger partial charge in [0.25, 0.3) is 0 Å². The predicted octanol–water partition coefficient (Wildman–Crippen LogP) is 3.18. The molecular formula is C14H19NO3S. The zero-order chi connectivity index (χ0) is 14.3. The normalized spacial score (nSPS) is 11.4. The third-order valence-electron chi connectivity index (χ3n) is 2.52. The SMILES string of the molecule is CCOc1ccc(N)c(SCC=C(CC)C(=O)O)c1. The van der Waals surface area contributed by atoms with Gasteiger partial charge in [-0.1, -0.05) is 13.0 Å². The van der Waals surface area contributed by atoms with Crippen LogP contribution in [-0.4, -0.2) is 23.4 Å². The highest BCUT2D eigenvalue weighted by molar-refractivity contribution is 7.99. The number of carboxylic acids is 1. The number of carboxylic acid groups (broad SMARTS) is 1. The lowest BCUT2D eigenvalue weighted by Crippen LogP contribution is -1.99. The number of hydrogen-bond acceptors (Lipinski definition) is 4. The van der Waals surface area contributed by atoms with Gasteiger partial charge in [-0.3, -0.25) is 0 Å². The van der Waals surface area contributed by atoms with Gasteiger partial charge in [-0.15, -0.1) is 11.8 Å². The molecule has 0 aliphatic carbocycles. The van der Waals surface area contributed by atoms with Crippen LogP contribution in [0.25, 0.3) is 0 Å². The van der Waals surface area contributed by atoms with Crippen molar-refractivity contribution in [2.45, 2.75) is 25.2 Å². The lowest BCUT2D eigenvalue weighted by molar-refractivity contribution is -0.132. The molecule has 0 aliphatic heterocycles. The van der Waals surface area contributed by atoms with Gasteiger partial charge in [0, 0.05) is 21.9 Å². The number of thioether (sulfide) groups is 1. The minimum atomic E-state index is -0.862. The summed E-state index contributed by atoms with van der Waals surface area (Å²) in [7, 11) is 0. The van der Waals surface area contributed by atoms with E-state index in [0.29, 0.717) is 30.0 Å². The Balaban J connectivity index is 2.71. The first kappa shape index (κ1) is 15.4. The highest BCUT2D eigenvalue weighted by atomic mass is 32.2. The van der Waals surface area contributed by atoms with Gasteiger partial charge in [0.2, 0.25) is 0 Å². The largest absolute Gasteiger partial charge is 0.494 e. The Morgan fingerprint density at radius 2 is 2.21 bits per heavy atom. The second-order valence-electron chi connectivity index (χ2n) is 3.83. The molecule has 1 aromatic rings. The number of carbonyl (C=O) groups is 1. The summed E-state index contributed by atoms with van der Waals surface area (Å²) in [6.07, 6.45) is 2.24. The second-order valence-corrected chi connectivity index (χ2v) is 4.89. The van der Waals surface area contributed by atoms with Crippen LogP contribution in [0.2, 0.25) is 0 Å². The summed E-state index contributed by atoms with van der Waals surface area (Å²) < 4.78 is 5.41. The zero-order valence-electron chi connectivity index (χ0n) is 11.2. The van der Waals surface area contributed by atoms with E-state index in [4.69, 9.17) is 15.6 Å². The van der Waals surface area contributed by atoms with E-state index in [2.05, 4.69) is 0 Å². The summed E-state index contributed by atoms with van der Waals surface area (Å²) in [4.78, 5) is 11.8. The first-order valence-electron chi connectivity index (χ1n) is 6.15. The molecule has 0 aromatic heterocycles. The summed E-state index contributed by atoms with van der Waals surface area (Å²) in [5.41, 5.74) is 6.98. The van der Waals surface area contributed by atoms with Gasteiger partial charge < -0.3 is 15.6 Å². The number of aliphatic carboxylic acids is 1. The molecule has 4 nitrogen and oxygen atoms in total. The van der Waals surface area contributed by atoms with E-state index in [-0.39, 0.29) is 0 Å². The Hall–Kier alpha value is -1.62. The minimum Gasteiger partial charge on any atom is -0.494 e. The van der Waals surface area contributed by atoms with Crippen molar-refractivity contribution in [3.8, 4) is 5.75 Å². The fourth-order valence-electron chi connectivity index (χ4n) is 1.51. The van der Waals surface area contributed by atoms with E-state index in [9.17, 15) is 4.79 Å². The van der Waals surface area contributed by atoms with Crippen LogP contribution in [0.5, 0.6) is 5.75 Å². The molecule has 0 aliphatic rings. The molecule has 0 fully saturated rings. The van der Waals surface area contributed by atoms with Crippen molar-refractivity contribution >= 4 is 23.4 Å². The lowest BCUT2D eigenvalue weighted by atomic mass is 10.2. The Bertz CT molecular complexity index is 472. The molecule has 0 unspecified atom stereocenters. The van der Waals surface area contributed by atoms with Gasteiger partial charge >= 0.3 is 5.97 Å². The maximum absolute atomic E-state index is 10.9. The Kier molecular flexibility index (Phi) is 6.29. The molecule has 19 heavy (non-hydrogen) atoms. The van der Waals surface area contributed by atoms with Gasteiger partial charge in [-0.25, -0.2) is 4.79 Å². The van der Waals surface area contributed by atoms with E-state index >= 15 is 0 Å². The first-order chi connectivity index (χ1) is 9.08. The molecule has 0 bridgehead atoms. The lowest BCUT2D eigenvalue weighted by Gasteiger charge is -2.08. The van der Waals surface area contributed by atoms with Crippen molar-refractivity contribution in [1.82, 2.24) is 0 Å². The molecule has 0 radical (unpaired) electrons. The molecule has 5 heteroatoms. The number of hydrogen-bond donors (Lipinski definition) is 2. The maximum Gasteiger partial charge on any atom is 0.331 e. The van der Waals surface area contributed by atoms with E-state index in [0.717, 1.165) is 10.6 Å². The molecule has 104 valence electrons. The fourth-order valence-corrected chi connectivity index (χ4v) is 2.41. The van der Waals surface area contributed by atoms with Crippen LogP contribution >= 0.6 is 11.8 Å². The highest BCUT2D eigenvalue weighted by Gasteiger charge is 2.05. The topological polar surface area (TPSA) is 72.5 Å². The minimum absolute atomic E-state index is 0.423. The van der Waals surface area contributed by atoms with Gasteiger partial charge in [0.05, 0.1) is 6.61 Å². The summed E-state index contributed by atoms with van der Waals surface area (Å²) in [6, 6.07) is 5.51. The molecule has 0 heterocycles. The standard InChI is InChI=1S/C14H19NO3S/c1-3-10(14(16)17)7-8-19-13-9-11(18-4-2)5-6-12(13)15/h5-7,9H,3-4,8,15H2,1-2H3,(H,16,17). The molecule has 0 saturated heterocycles. The predicted molar refractivity (Wildman–Crippen MR) is 78.8 cm³/mol. The summed E-state index contributed by atoms with van der Waals surface area (Å²) in [5.74, 6) is 0.492. The molecule has 0 amide bonds. The van der Waals surface area contributed by atoms with Crippen molar-refractivity contribution < 1.29 is 14.6 Å². The monoisotopic (exact) mass is 281 g/mol. The van der Waals surface area contributed by atoms with Gasteiger partial charge in [-0.2, -0.15) is 0 Å². The number of anilines is 1. The smallest absolute Gasteiger partial charge is 0.331 e.